The Kier molecular flexibility index (Phi) is 2.31. The Labute approximate surface area is 80.0 Å². The number of rotatable bonds is 2. The van der Waals surface area contributed by atoms with Crippen molar-refractivity contribution in [3.05, 3.63) is 28.7 Å². The topological polar surface area (TPSA) is 38.3 Å². The van der Waals surface area contributed by atoms with E-state index in [2.05, 4.69) is 5.32 Å². The van der Waals surface area contributed by atoms with E-state index in [9.17, 15) is 4.79 Å². The largest absolute Gasteiger partial charge is 0.500 e. The molecule has 1 aliphatic rings. The summed E-state index contributed by atoms with van der Waals surface area (Å²) in [6, 6.07) is 1.87. The molecular formula is C9H9NO2S. The van der Waals surface area contributed by atoms with E-state index in [1.165, 1.54) is 6.26 Å². The van der Waals surface area contributed by atoms with Crippen LogP contribution in [-0.4, -0.2) is 12.5 Å². The first-order valence-electron chi connectivity index (χ1n) is 4.00. The lowest BCUT2D eigenvalue weighted by Crippen LogP contribution is -2.12. The number of hydrogen-bond acceptors (Lipinski definition) is 3. The van der Waals surface area contributed by atoms with Gasteiger partial charge in [-0.1, -0.05) is 0 Å². The van der Waals surface area contributed by atoms with Crippen molar-refractivity contribution in [1.29, 1.82) is 0 Å². The normalized spacial score (nSPS) is 14.9. The fourth-order valence-corrected chi connectivity index (χ4v) is 1.69. The number of ether oxygens (including phenoxy) is 1. The molecule has 68 valence electrons. The molecule has 0 saturated carbocycles. The van der Waals surface area contributed by atoms with Crippen molar-refractivity contribution >= 4 is 22.9 Å². The molecule has 0 aromatic carbocycles. The SMILES string of the molecule is O=C(Nc1ccsc1)C1=COCC1. The second-order valence-electron chi connectivity index (χ2n) is 2.73. The van der Waals surface area contributed by atoms with E-state index >= 15 is 0 Å². The highest BCUT2D eigenvalue weighted by Crippen LogP contribution is 2.16. The van der Waals surface area contributed by atoms with Crippen molar-refractivity contribution in [1.82, 2.24) is 0 Å². The number of amides is 1. The van der Waals surface area contributed by atoms with Crippen molar-refractivity contribution in [2.45, 2.75) is 6.42 Å². The molecule has 1 aliphatic heterocycles. The summed E-state index contributed by atoms with van der Waals surface area (Å²) >= 11 is 1.56. The quantitative estimate of drug-likeness (QED) is 0.783. The molecule has 3 nitrogen and oxygen atoms in total. The van der Waals surface area contributed by atoms with Gasteiger partial charge in [0.2, 0.25) is 0 Å². The van der Waals surface area contributed by atoms with Crippen molar-refractivity contribution < 1.29 is 9.53 Å². The third-order valence-electron chi connectivity index (χ3n) is 1.79. The Morgan fingerprint density at radius 3 is 3.15 bits per heavy atom. The van der Waals surface area contributed by atoms with Crippen LogP contribution in [0.1, 0.15) is 6.42 Å². The van der Waals surface area contributed by atoms with Crippen LogP contribution in [0.3, 0.4) is 0 Å². The van der Waals surface area contributed by atoms with Gasteiger partial charge in [-0.05, 0) is 11.4 Å². The molecule has 4 heteroatoms. The minimum absolute atomic E-state index is 0.0594. The molecule has 0 atom stereocenters. The summed E-state index contributed by atoms with van der Waals surface area (Å²) in [6.07, 6.45) is 2.23. The third-order valence-corrected chi connectivity index (χ3v) is 2.47. The second kappa shape index (κ2) is 3.62. The van der Waals surface area contributed by atoms with Crippen LogP contribution >= 0.6 is 11.3 Å². The molecule has 13 heavy (non-hydrogen) atoms. The van der Waals surface area contributed by atoms with Gasteiger partial charge in [-0.25, -0.2) is 0 Å². The average Bonchev–Trinajstić information content (AvgIpc) is 2.74. The van der Waals surface area contributed by atoms with E-state index in [-0.39, 0.29) is 5.91 Å². The van der Waals surface area contributed by atoms with Crippen LogP contribution in [0.4, 0.5) is 5.69 Å². The number of carbonyl (C=O) groups excluding carboxylic acids is 1. The number of nitrogens with one attached hydrogen (secondary N) is 1. The van der Waals surface area contributed by atoms with E-state index in [1.54, 1.807) is 11.3 Å². The van der Waals surface area contributed by atoms with Crippen molar-refractivity contribution in [2.24, 2.45) is 0 Å². The first-order chi connectivity index (χ1) is 6.36. The summed E-state index contributed by atoms with van der Waals surface area (Å²) in [6.45, 7) is 0.617. The molecular weight excluding hydrogens is 186 g/mol. The maximum atomic E-state index is 11.5. The Bertz CT molecular complexity index is 329. The fourth-order valence-electron chi connectivity index (χ4n) is 1.10. The predicted octanol–water partition coefficient (Wildman–Crippen LogP) is 1.99. The Hall–Kier alpha value is -1.29. The van der Waals surface area contributed by atoms with Crippen LogP contribution in [0, 0.1) is 0 Å². The first kappa shape index (κ1) is 8.31. The van der Waals surface area contributed by atoms with E-state index in [4.69, 9.17) is 4.74 Å². The van der Waals surface area contributed by atoms with Gasteiger partial charge in [-0.2, -0.15) is 11.3 Å². The van der Waals surface area contributed by atoms with Crippen LogP contribution in [0.15, 0.2) is 28.7 Å². The van der Waals surface area contributed by atoms with E-state index in [0.717, 1.165) is 5.69 Å². The van der Waals surface area contributed by atoms with Crippen molar-refractivity contribution in [3.8, 4) is 0 Å². The van der Waals surface area contributed by atoms with Crippen LogP contribution in [0.2, 0.25) is 0 Å². The zero-order valence-electron chi connectivity index (χ0n) is 6.95. The molecule has 1 N–H and O–H groups in total. The number of thiophene rings is 1. The smallest absolute Gasteiger partial charge is 0.254 e. The monoisotopic (exact) mass is 195 g/mol. The van der Waals surface area contributed by atoms with Crippen molar-refractivity contribution in [2.75, 3.05) is 11.9 Å². The standard InChI is InChI=1S/C9H9NO2S/c11-9(7-1-3-12-5-7)10-8-2-4-13-6-8/h2,4-6H,1,3H2,(H,10,11). The summed E-state index contributed by atoms with van der Waals surface area (Å²) in [7, 11) is 0. The highest BCUT2D eigenvalue weighted by atomic mass is 32.1. The Morgan fingerprint density at radius 1 is 1.62 bits per heavy atom. The maximum absolute atomic E-state index is 11.5. The van der Waals surface area contributed by atoms with E-state index < -0.39 is 0 Å². The Morgan fingerprint density at radius 2 is 2.54 bits per heavy atom. The van der Waals surface area contributed by atoms with Crippen LogP contribution < -0.4 is 5.32 Å². The van der Waals surface area contributed by atoms with Gasteiger partial charge in [0.15, 0.2) is 0 Å². The first-order valence-corrected chi connectivity index (χ1v) is 4.95. The Balaban J connectivity index is 1.99. The summed E-state index contributed by atoms with van der Waals surface area (Å²) in [5.41, 5.74) is 1.56. The minimum Gasteiger partial charge on any atom is -0.500 e. The van der Waals surface area contributed by atoms with E-state index in [1.807, 2.05) is 16.8 Å². The molecule has 1 aromatic rings. The molecule has 0 radical (unpaired) electrons. The number of hydrogen-bond donors (Lipinski definition) is 1. The van der Waals surface area contributed by atoms with Crippen LogP contribution in [-0.2, 0) is 9.53 Å². The van der Waals surface area contributed by atoms with Gasteiger partial charge in [0, 0.05) is 11.8 Å². The molecule has 1 aromatic heterocycles. The molecule has 0 aliphatic carbocycles. The molecule has 0 saturated heterocycles. The fraction of sp³-hybridized carbons (Fsp3) is 0.222. The lowest BCUT2D eigenvalue weighted by Gasteiger charge is -2.00. The summed E-state index contributed by atoms with van der Waals surface area (Å²) in [5, 5.41) is 6.61. The molecule has 1 amide bonds. The number of anilines is 1. The van der Waals surface area contributed by atoms with Crippen LogP contribution in [0.5, 0.6) is 0 Å². The molecule has 0 fully saturated rings. The molecule has 2 heterocycles. The predicted molar refractivity (Wildman–Crippen MR) is 51.6 cm³/mol. The maximum Gasteiger partial charge on any atom is 0.254 e. The van der Waals surface area contributed by atoms with Gasteiger partial charge in [0.25, 0.3) is 5.91 Å². The second-order valence-corrected chi connectivity index (χ2v) is 3.51. The highest BCUT2D eigenvalue weighted by molar-refractivity contribution is 7.08. The third kappa shape index (κ3) is 1.89. The summed E-state index contributed by atoms with van der Waals surface area (Å²) in [4.78, 5) is 11.5. The summed E-state index contributed by atoms with van der Waals surface area (Å²) < 4.78 is 4.98. The van der Waals surface area contributed by atoms with Gasteiger partial charge in [0.1, 0.15) is 0 Å². The number of carbonyl (C=O) groups is 1. The van der Waals surface area contributed by atoms with E-state index in [0.29, 0.717) is 18.6 Å². The minimum atomic E-state index is -0.0594. The molecule has 0 spiro atoms. The molecule has 2 rings (SSSR count). The average molecular weight is 195 g/mol. The lowest BCUT2D eigenvalue weighted by molar-refractivity contribution is -0.112. The van der Waals surface area contributed by atoms with Gasteiger partial charge in [0.05, 0.1) is 24.1 Å². The van der Waals surface area contributed by atoms with Gasteiger partial charge >= 0.3 is 0 Å². The van der Waals surface area contributed by atoms with Gasteiger partial charge < -0.3 is 10.1 Å². The van der Waals surface area contributed by atoms with Gasteiger partial charge in [-0.3, -0.25) is 4.79 Å². The molecule has 0 unspecified atom stereocenters. The zero-order valence-corrected chi connectivity index (χ0v) is 7.76. The zero-order chi connectivity index (χ0) is 9.10. The summed E-state index contributed by atoms with van der Waals surface area (Å²) in [5.74, 6) is -0.0594. The molecule has 0 bridgehead atoms. The van der Waals surface area contributed by atoms with Crippen LogP contribution in [0.25, 0.3) is 0 Å². The van der Waals surface area contributed by atoms with Crippen molar-refractivity contribution in [3.63, 3.8) is 0 Å². The highest BCUT2D eigenvalue weighted by Gasteiger charge is 2.14. The lowest BCUT2D eigenvalue weighted by atomic mass is 10.2. The van der Waals surface area contributed by atoms with Gasteiger partial charge in [-0.15, -0.1) is 0 Å².